The van der Waals surface area contributed by atoms with Crippen LogP contribution >= 0.6 is 22.6 Å². The number of phenolic OH excluding ortho intramolecular Hbond substituents is 1. The van der Waals surface area contributed by atoms with Gasteiger partial charge in [-0.1, -0.05) is 51.2 Å². The maximum atomic E-state index is 14.0. The predicted octanol–water partition coefficient (Wildman–Crippen LogP) is 7.31. The second kappa shape index (κ2) is 22.7. The Labute approximate surface area is 402 Å². The Bertz CT molecular complexity index is 2040. The predicted molar refractivity (Wildman–Crippen MR) is 250 cm³/mol. The van der Waals surface area contributed by atoms with Crippen molar-refractivity contribution in [3.05, 3.63) is 49.6 Å². The highest BCUT2D eigenvalue weighted by Crippen LogP contribution is 2.57. The van der Waals surface area contributed by atoms with Crippen molar-refractivity contribution < 1.29 is 72.5 Å². The van der Waals surface area contributed by atoms with Crippen LogP contribution in [0, 0.1) is 9.49 Å². The second-order valence-electron chi connectivity index (χ2n) is 19.1. The molecule has 1 amide bonds. The molecule has 368 valence electrons. The van der Waals surface area contributed by atoms with E-state index in [1.54, 1.807) is 59.8 Å². The quantitative estimate of drug-likeness (QED) is 0.0251. The Hall–Kier alpha value is -4.23. The van der Waals surface area contributed by atoms with Gasteiger partial charge in [0.2, 0.25) is 0 Å². The van der Waals surface area contributed by atoms with Crippen molar-refractivity contribution >= 4 is 58.5 Å². The molecule has 2 aliphatic carbocycles. The fraction of sp³-hybridized carbons (Fsp3) is 0.673. The molecule has 66 heavy (non-hydrogen) atoms. The van der Waals surface area contributed by atoms with Gasteiger partial charge in [0, 0.05) is 38.3 Å². The van der Waals surface area contributed by atoms with Gasteiger partial charge in [-0.05, 0) is 138 Å². The van der Waals surface area contributed by atoms with E-state index in [9.17, 15) is 44.1 Å². The number of aromatic hydroxyl groups is 1. The third-order valence-electron chi connectivity index (χ3n) is 12.7. The van der Waals surface area contributed by atoms with Crippen LogP contribution in [-0.2, 0) is 65.2 Å². The normalized spacial score (nSPS) is 27.3. The first-order valence-corrected chi connectivity index (χ1v) is 24.1. The minimum absolute atomic E-state index is 0.0358. The van der Waals surface area contributed by atoms with E-state index in [0.717, 1.165) is 46.0 Å². The first-order chi connectivity index (χ1) is 30.8. The first-order valence-electron chi connectivity index (χ1n) is 23.1. The number of ether oxygens (including phenoxy) is 6. The first kappa shape index (κ1) is 54.4. The van der Waals surface area contributed by atoms with Gasteiger partial charge in [0.15, 0.2) is 29.5 Å². The summed E-state index contributed by atoms with van der Waals surface area (Å²) in [4.78, 5) is 79.5. The Balaban J connectivity index is 1.63. The van der Waals surface area contributed by atoms with Crippen molar-refractivity contribution in [2.75, 3.05) is 6.54 Å². The number of aryl methyl sites for hydroxylation is 2. The SMILES string of the molecule is C/C=C(/C)C(=O)OC1C(C)=C2[C@H]([C@@H]1OC(=O)CCCCCCC)[C@@](C)(OC(C)=O)CC(OC(=O)CCc1cc(I)c(O)c(CCCCCNC(=O)OC(C)(C)C)c1)[C@@]1(O)[C@H]2OC(=O)[C@@]1(C)O. The monoisotopic (exact) mass is 1040 g/mol. The molecule has 1 aliphatic heterocycles. The number of halogens is 1. The summed E-state index contributed by atoms with van der Waals surface area (Å²) in [7, 11) is 0. The van der Waals surface area contributed by atoms with Crippen LogP contribution in [0.3, 0.4) is 0 Å². The van der Waals surface area contributed by atoms with Crippen LogP contribution in [0.5, 0.6) is 5.75 Å². The van der Waals surface area contributed by atoms with Gasteiger partial charge in [0.25, 0.3) is 0 Å². The molecule has 0 spiro atoms. The molecule has 1 saturated heterocycles. The Kier molecular flexibility index (Phi) is 18.7. The van der Waals surface area contributed by atoms with Crippen LogP contribution < -0.4 is 5.32 Å². The molecule has 1 heterocycles. The molecule has 16 nitrogen and oxygen atoms in total. The number of phenols is 1. The van der Waals surface area contributed by atoms with E-state index in [4.69, 9.17) is 28.4 Å². The highest BCUT2D eigenvalue weighted by molar-refractivity contribution is 14.1. The molecule has 1 saturated carbocycles. The van der Waals surface area contributed by atoms with E-state index in [-0.39, 0.29) is 41.7 Å². The zero-order chi connectivity index (χ0) is 49.4. The highest BCUT2D eigenvalue weighted by Gasteiger charge is 2.76. The summed E-state index contributed by atoms with van der Waals surface area (Å²) in [5.41, 5.74) is -5.80. The van der Waals surface area contributed by atoms with E-state index in [0.29, 0.717) is 46.9 Å². The van der Waals surface area contributed by atoms with Gasteiger partial charge in [0.05, 0.1) is 9.49 Å². The number of alkyl carbamates (subject to hydrolysis) is 1. The summed E-state index contributed by atoms with van der Waals surface area (Å²) in [5.74, 6) is -5.27. The molecule has 0 radical (unpaired) electrons. The summed E-state index contributed by atoms with van der Waals surface area (Å²) < 4.78 is 35.9. The molecule has 3 aliphatic rings. The number of hydrogen-bond donors (Lipinski definition) is 4. The standard InChI is InChI=1S/C49H70INO15/c1-11-13-14-15-18-21-35(53)62-41-38-37(29(4)40(41)63-43(56)28(3)12-2)42-49(60,48(10,59)44(57)64-42)34(27-47(38,9)65-30(5)52)61-36(54)23-22-31-25-32(39(55)33(50)26-31)20-17-16-19-24-51-45(58)66-46(6,7)8/h12,25-26,34,38,40-42,55,59-60H,11,13-24,27H2,1-10H3,(H,51,58)/b28-12-/t34?,38-,40?,41+,42+,47+,48-,49-/m1/s1. The molecule has 8 atom stereocenters. The van der Waals surface area contributed by atoms with Crippen LogP contribution in [0.15, 0.2) is 34.9 Å². The lowest BCUT2D eigenvalue weighted by molar-refractivity contribution is -0.212. The largest absolute Gasteiger partial charge is 0.507 e. The average molecular weight is 1040 g/mol. The fourth-order valence-electron chi connectivity index (χ4n) is 9.12. The molecule has 0 aromatic heterocycles. The van der Waals surface area contributed by atoms with Gasteiger partial charge in [-0.15, -0.1) is 0 Å². The number of allylic oxidation sites excluding steroid dienone is 1. The third kappa shape index (κ3) is 12.8. The van der Waals surface area contributed by atoms with E-state index >= 15 is 0 Å². The lowest BCUT2D eigenvalue weighted by Crippen LogP contribution is -2.64. The zero-order valence-electron chi connectivity index (χ0n) is 40.1. The lowest BCUT2D eigenvalue weighted by Gasteiger charge is -2.41. The van der Waals surface area contributed by atoms with Crippen molar-refractivity contribution in [3.63, 3.8) is 0 Å². The summed E-state index contributed by atoms with van der Waals surface area (Å²) in [5, 5.41) is 38.3. The number of aliphatic hydroxyl groups is 2. The molecule has 17 heteroatoms. The number of fused-ring (bicyclic) bond motifs is 3. The number of esters is 5. The maximum absolute atomic E-state index is 14.0. The number of benzene rings is 1. The third-order valence-corrected chi connectivity index (χ3v) is 13.5. The van der Waals surface area contributed by atoms with Crippen molar-refractivity contribution in [1.82, 2.24) is 5.32 Å². The molecule has 1 aromatic carbocycles. The maximum Gasteiger partial charge on any atom is 0.407 e. The average Bonchev–Trinajstić information content (AvgIpc) is 3.55. The number of unbranched alkanes of at least 4 members (excludes halogenated alkanes) is 6. The Morgan fingerprint density at radius 3 is 2.21 bits per heavy atom. The van der Waals surface area contributed by atoms with Crippen LogP contribution in [0.2, 0.25) is 0 Å². The van der Waals surface area contributed by atoms with Gasteiger partial charge >= 0.3 is 35.9 Å². The number of rotatable bonds is 20. The van der Waals surface area contributed by atoms with Crippen LogP contribution in [0.4, 0.5) is 4.79 Å². The van der Waals surface area contributed by atoms with Crippen molar-refractivity contribution in [2.45, 2.75) is 200 Å². The van der Waals surface area contributed by atoms with E-state index in [2.05, 4.69) is 12.2 Å². The molecule has 4 N–H and O–H groups in total. The lowest BCUT2D eigenvalue weighted by atomic mass is 9.75. The zero-order valence-corrected chi connectivity index (χ0v) is 42.3. The highest BCUT2D eigenvalue weighted by atomic mass is 127. The number of nitrogens with one attached hydrogen (secondary N) is 1. The molecule has 1 aromatic rings. The minimum Gasteiger partial charge on any atom is -0.507 e. The van der Waals surface area contributed by atoms with Gasteiger partial charge < -0.3 is 49.1 Å². The van der Waals surface area contributed by atoms with Gasteiger partial charge in [-0.2, -0.15) is 0 Å². The van der Waals surface area contributed by atoms with Gasteiger partial charge in [0.1, 0.15) is 23.1 Å². The topological polar surface area (TPSA) is 231 Å². The Morgan fingerprint density at radius 1 is 0.924 bits per heavy atom. The fourth-order valence-corrected chi connectivity index (χ4v) is 9.86. The number of amides is 1. The van der Waals surface area contributed by atoms with Crippen molar-refractivity contribution in [3.8, 4) is 5.75 Å². The van der Waals surface area contributed by atoms with Crippen molar-refractivity contribution in [1.29, 1.82) is 0 Å². The Morgan fingerprint density at radius 2 is 1.58 bits per heavy atom. The van der Waals surface area contributed by atoms with Crippen LogP contribution in [0.1, 0.15) is 151 Å². The van der Waals surface area contributed by atoms with Gasteiger partial charge in [-0.25, -0.2) is 14.4 Å². The van der Waals surface area contributed by atoms with Crippen LogP contribution in [-0.4, -0.2) is 105 Å². The number of carbonyl (C=O) groups excluding carboxylic acids is 6. The minimum atomic E-state index is -2.69. The summed E-state index contributed by atoms with van der Waals surface area (Å²) in [6, 6.07) is 3.54. The summed E-state index contributed by atoms with van der Waals surface area (Å²) in [6.07, 6.45) is 1.32. The van der Waals surface area contributed by atoms with E-state index < -0.39 is 95.1 Å². The molecular weight excluding hydrogens is 969 g/mol. The van der Waals surface area contributed by atoms with E-state index in [1.165, 1.54) is 6.92 Å². The van der Waals surface area contributed by atoms with Gasteiger partial charge in [-0.3, -0.25) is 14.4 Å². The number of hydrogen-bond acceptors (Lipinski definition) is 15. The molecule has 2 fully saturated rings. The molecular formula is C49H70INO15. The van der Waals surface area contributed by atoms with Crippen LogP contribution in [0.25, 0.3) is 0 Å². The van der Waals surface area contributed by atoms with E-state index in [1.807, 2.05) is 22.6 Å². The summed E-state index contributed by atoms with van der Waals surface area (Å²) >= 11 is 2.02. The van der Waals surface area contributed by atoms with Crippen molar-refractivity contribution in [2.24, 2.45) is 5.92 Å². The summed E-state index contributed by atoms with van der Waals surface area (Å²) in [6.45, 7) is 16.4. The number of carbonyl (C=O) groups is 6. The second-order valence-corrected chi connectivity index (χ2v) is 20.3. The smallest absolute Gasteiger partial charge is 0.407 e. The molecule has 0 bridgehead atoms. The molecule has 4 rings (SSSR count). The molecule has 2 unspecified atom stereocenters.